The van der Waals surface area contributed by atoms with Gasteiger partial charge in [0.05, 0.1) is 24.7 Å². The maximum atomic E-state index is 12.1. The summed E-state index contributed by atoms with van der Waals surface area (Å²) in [6.45, 7) is 5.90. The van der Waals surface area contributed by atoms with Crippen LogP contribution >= 0.6 is 0 Å². The van der Waals surface area contributed by atoms with Crippen molar-refractivity contribution in [2.45, 2.75) is 32.6 Å². The summed E-state index contributed by atoms with van der Waals surface area (Å²) >= 11 is 0. The molecule has 2 saturated heterocycles. The third-order valence-corrected chi connectivity index (χ3v) is 5.87. The molecule has 0 bridgehead atoms. The molecule has 2 aliphatic heterocycles. The first kappa shape index (κ1) is 27.8. The van der Waals surface area contributed by atoms with E-state index >= 15 is 0 Å². The van der Waals surface area contributed by atoms with E-state index in [0.29, 0.717) is 24.6 Å². The number of para-hydroxylation sites is 1. The van der Waals surface area contributed by atoms with Gasteiger partial charge in [0.2, 0.25) is 0 Å². The summed E-state index contributed by atoms with van der Waals surface area (Å²) < 4.78 is 4.91. The topological polar surface area (TPSA) is 125 Å². The smallest absolute Gasteiger partial charge is 0.314 e. The third-order valence-electron chi connectivity index (χ3n) is 5.87. The van der Waals surface area contributed by atoms with Crippen LogP contribution in [-0.4, -0.2) is 73.1 Å². The second kappa shape index (κ2) is 14.7. The number of hydrogen-bond donors (Lipinski definition) is 3. The zero-order valence-electron chi connectivity index (χ0n) is 21.0. The molecule has 3 heterocycles. The Labute approximate surface area is 208 Å². The van der Waals surface area contributed by atoms with Gasteiger partial charge in [-0.15, -0.1) is 0 Å². The number of carbonyl (C=O) groups is 2. The minimum atomic E-state index is -0.722. The van der Waals surface area contributed by atoms with Gasteiger partial charge in [-0.1, -0.05) is 25.1 Å². The van der Waals surface area contributed by atoms with E-state index in [2.05, 4.69) is 29.2 Å². The fourth-order valence-electron chi connectivity index (χ4n) is 3.83. The predicted octanol–water partition coefficient (Wildman–Crippen LogP) is 3.27. The molecule has 1 atom stereocenters. The number of carbonyl (C=O) groups excluding carboxylic acids is 2. The van der Waals surface area contributed by atoms with Gasteiger partial charge in [0, 0.05) is 31.1 Å². The van der Waals surface area contributed by atoms with E-state index in [4.69, 9.17) is 15.9 Å². The molecule has 0 spiro atoms. The number of pyridine rings is 1. The highest BCUT2D eigenvalue weighted by Crippen LogP contribution is 2.20. The standard InChI is InChI=1S/C14H19N5O2.C7H8O.C5H11N/c1-9-3-2-4-19(8-9)14(21)13(20)18-11-7-17-6-10(5-15)12(11)16;1-8-7-5-3-2-4-6-7;1-6-4-2-3-5-6/h5-7,9,15H,2-4,8H2,1H3,(H2,16,17)(H,18,20);2-6H,1H3;2-5H2,1H3. The average Bonchev–Trinajstić information content (AvgIpc) is 3.37. The molecule has 0 aliphatic carbocycles. The number of piperidine rings is 1. The number of benzene rings is 1. The summed E-state index contributed by atoms with van der Waals surface area (Å²) in [5, 5.41) is 9.67. The lowest BCUT2D eigenvalue weighted by molar-refractivity contribution is -0.144. The Hall–Kier alpha value is -3.46. The lowest BCUT2D eigenvalue weighted by atomic mass is 10.0. The SMILES string of the molecule is CC1CCCN(C(=O)C(=O)Nc2cncc(C=N)c2N)C1.CN1CCCC1.COc1ccccc1. The number of rotatable bonds is 3. The Bertz CT molecular complexity index is 947. The number of hydrogen-bond acceptors (Lipinski definition) is 7. The highest BCUT2D eigenvalue weighted by atomic mass is 16.5. The minimum Gasteiger partial charge on any atom is -0.497 e. The summed E-state index contributed by atoms with van der Waals surface area (Å²) in [6, 6.07) is 9.68. The van der Waals surface area contributed by atoms with E-state index in [1.54, 1.807) is 12.0 Å². The third kappa shape index (κ3) is 9.36. The van der Waals surface area contributed by atoms with Crippen molar-refractivity contribution in [2.24, 2.45) is 5.92 Å². The molecule has 190 valence electrons. The number of nitrogens with zero attached hydrogens (tertiary/aromatic N) is 3. The molecule has 0 saturated carbocycles. The van der Waals surface area contributed by atoms with Crippen LogP contribution in [0.4, 0.5) is 11.4 Å². The molecule has 35 heavy (non-hydrogen) atoms. The highest BCUT2D eigenvalue weighted by Gasteiger charge is 2.26. The second-order valence-corrected chi connectivity index (χ2v) is 8.81. The fraction of sp³-hybridized carbons (Fsp3) is 0.462. The number of nitrogens with one attached hydrogen (secondary N) is 2. The summed E-state index contributed by atoms with van der Waals surface area (Å²) in [4.78, 5) is 32.0. The number of nitrogens with two attached hydrogens (primary N) is 1. The van der Waals surface area contributed by atoms with Crippen molar-refractivity contribution < 1.29 is 14.3 Å². The van der Waals surface area contributed by atoms with Crippen LogP contribution in [0.5, 0.6) is 5.75 Å². The maximum Gasteiger partial charge on any atom is 0.314 e. The van der Waals surface area contributed by atoms with Crippen molar-refractivity contribution >= 4 is 29.4 Å². The summed E-state index contributed by atoms with van der Waals surface area (Å²) in [7, 11) is 3.84. The lowest BCUT2D eigenvalue weighted by Crippen LogP contribution is -2.44. The van der Waals surface area contributed by atoms with Crippen LogP contribution in [0.25, 0.3) is 0 Å². The number of anilines is 2. The first-order valence-electron chi connectivity index (χ1n) is 12.0. The van der Waals surface area contributed by atoms with Gasteiger partial charge in [-0.3, -0.25) is 14.6 Å². The molecule has 1 aromatic carbocycles. The zero-order valence-corrected chi connectivity index (χ0v) is 21.0. The van der Waals surface area contributed by atoms with Gasteiger partial charge in [-0.25, -0.2) is 0 Å². The average molecular weight is 483 g/mol. The molecule has 2 aromatic rings. The van der Waals surface area contributed by atoms with Crippen molar-refractivity contribution in [3.8, 4) is 5.75 Å². The number of nitrogen functional groups attached to an aromatic ring is 1. The number of amides is 2. The molecule has 2 fully saturated rings. The Morgan fingerprint density at radius 2 is 1.83 bits per heavy atom. The number of ether oxygens (including phenoxy) is 1. The second-order valence-electron chi connectivity index (χ2n) is 8.81. The monoisotopic (exact) mass is 482 g/mol. The largest absolute Gasteiger partial charge is 0.497 e. The van der Waals surface area contributed by atoms with Crippen molar-refractivity contribution in [3.63, 3.8) is 0 Å². The first-order valence-corrected chi connectivity index (χ1v) is 12.0. The summed E-state index contributed by atoms with van der Waals surface area (Å²) in [5.41, 5.74) is 6.69. The molecule has 9 nitrogen and oxygen atoms in total. The van der Waals surface area contributed by atoms with Crippen LogP contribution in [0, 0.1) is 11.3 Å². The van der Waals surface area contributed by atoms with Gasteiger partial charge >= 0.3 is 11.8 Å². The lowest BCUT2D eigenvalue weighted by Gasteiger charge is -2.30. The van der Waals surface area contributed by atoms with E-state index < -0.39 is 11.8 Å². The van der Waals surface area contributed by atoms with Gasteiger partial charge < -0.3 is 31.0 Å². The summed E-state index contributed by atoms with van der Waals surface area (Å²) in [5.74, 6) is 0.0388. The minimum absolute atomic E-state index is 0.230. The van der Waals surface area contributed by atoms with E-state index in [1.165, 1.54) is 38.3 Å². The van der Waals surface area contributed by atoms with Crippen molar-refractivity contribution in [2.75, 3.05) is 51.4 Å². The molecule has 2 aliphatic rings. The van der Waals surface area contributed by atoms with E-state index in [9.17, 15) is 9.59 Å². The molecule has 4 N–H and O–H groups in total. The van der Waals surface area contributed by atoms with Gasteiger partial charge in [0.15, 0.2) is 0 Å². The van der Waals surface area contributed by atoms with Gasteiger partial charge in [0.25, 0.3) is 0 Å². The Morgan fingerprint density at radius 1 is 1.14 bits per heavy atom. The molecule has 9 heteroatoms. The van der Waals surface area contributed by atoms with Gasteiger partial charge in [-0.2, -0.15) is 0 Å². The van der Waals surface area contributed by atoms with Gasteiger partial charge in [0.1, 0.15) is 5.75 Å². The zero-order chi connectivity index (χ0) is 25.6. The highest BCUT2D eigenvalue weighted by molar-refractivity contribution is 6.39. The van der Waals surface area contributed by atoms with Crippen LogP contribution in [0.3, 0.4) is 0 Å². The van der Waals surface area contributed by atoms with E-state index in [0.717, 1.165) is 24.8 Å². The number of methoxy groups -OCH3 is 1. The normalized spacial score (nSPS) is 17.2. The van der Waals surface area contributed by atoms with E-state index in [-0.39, 0.29) is 11.4 Å². The van der Waals surface area contributed by atoms with Crippen LogP contribution in [0.15, 0.2) is 42.7 Å². The quantitative estimate of drug-likeness (QED) is 0.456. The molecule has 0 radical (unpaired) electrons. The van der Waals surface area contributed by atoms with Crippen molar-refractivity contribution in [1.29, 1.82) is 5.41 Å². The van der Waals surface area contributed by atoms with Crippen LogP contribution in [-0.2, 0) is 9.59 Å². The van der Waals surface area contributed by atoms with Crippen molar-refractivity contribution in [1.82, 2.24) is 14.8 Å². The maximum absolute atomic E-state index is 12.1. The Kier molecular flexibility index (Phi) is 11.7. The molecule has 4 rings (SSSR count). The van der Waals surface area contributed by atoms with E-state index in [1.807, 2.05) is 30.3 Å². The Morgan fingerprint density at radius 3 is 2.34 bits per heavy atom. The molecule has 2 amide bonds. The van der Waals surface area contributed by atoms with Crippen molar-refractivity contribution in [3.05, 3.63) is 48.3 Å². The summed E-state index contributed by atoms with van der Waals surface area (Å²) in [6.07, 6.45) is 8.65. The molecule has 1 aromatic heterocycles. The molecule has 1 unspecified atom stereocenters. The first-order chi connectivity index (χ1) is 16.8. The number of likely N-dealkylation sites (tertiary alicyclic amines) is 2. The van der Waals surface area contributed by atoms with Crippen LogP contribution < -0.4 is 15.8 Å². The predicted molar refractivity (Wildman–Crippen MR) is 140 cm³/mol. The van der Waals surface area contributed by atoms with Crippen LogP contribution in [0.1, 0.15) is 38.2 Å². The van der Waals surface area contributed by atoms with Crippen LogP contribution in [0.2, 0.25) is 0 Å². The number of aromatic nitrogens is 1. The molecular weight excluding hydrogens is 444 g/mol. The fourth-order valence-corrected chi connectivity index (χ4v) is 3.83. The van der Waals surface area contributed by atoms with Gasteiger partial charge in [-0.05, 0) is 63.9 Å². The molecular formula is C26H38N6O3. The Balaban J connectivity index is 0.000000249.